The zero-order valence-electron chi connectivity index (χ0n) is 8.28. The lowest BCUT2D eigenvalue weighted by Crippen LogP contribution is -2.24. The lowest BCUT2D eigenvalue weighted by molar-refractivity contribution is 0.364. The van der Waals surface area contributed by atoms with Gasteiger partial charge in [0.1, 0.15) is 0 Å². The second kappa shape index (κ2) is 3.91. The minimum Gasteiger partial charge on any atom is -0.330 e. The van der Waals surface area contributed by atoms with E-state index in [4.69, 9.17) is 5.73 Å². The molecule has 0 unspecified atom stereocenters. The predicted molar refractivity (Wildman–Crippen MR) is 51.4 cm³/mol. The average molecular weight is 155 g/mol. The highest BCUT2D eigenvalue weighted by atomic mass is 14.6. The monoisotopic (exact) mass is 155 g/mol. The van der Waals surface area contributed by atoms with Crippen molar-refractivity contribution >= 4 is 0 Å². The van der Waals surface area contributed by atoms with Crippen LogP contribution in [0.1, 0.15) is 34.1 Å². The molecule has 0 aromatic carbocycles. The van der Waals surface area contributed by atoms with Crippen LogP contribution in [0, 0.1) is 11.3 Å². The fourth-order valence-corrected chi connectivity index (χ4v) is 0.891. The number of nitrogens with two attached hydrogens (primary N) is 1. The van der Waals surface area contributed by atoms with Crippen LogP contribution in [0.25, 0.3) is 0 Å². The molecule has 0 rings (SSSR count). The summed E-state index contributed by atoms with van der Waals surface area (Å²) in [6.07, 6.45) is 1.04. The van der Waals surface area contributed by atoms with Gasteiger partial charge in [-0.1, -0.05) is 39.8 Å². The molecule has 11 heavy (non-hydrogen) atoms. The highest BCUT2D eigenvalue weighted by molar-refractivity contribution is 5.01. The Morgan fingerprint density at radius 2 is 1.91 bits per heavy atom. The lowest BCUT2D eigenvalue weighted by Gasteiger charge is -2.24. The molecule has 1 heteroatoms. The first-order valence-electron chi connectivity index (χ1n) is 4.27. The van der Waals surface area contributed by atoms with Crippen LogP contribution in [-0.2, 0) is 0 Å². The van der Waals surface area contributed by atoms with E-state index in [9.17, 15) is 0 Å². The zero-order valence-corrected chi connectivity index (χ0v) is 8.28. The van der Waals surface area contributed by atoms with Crippen molar-refractivity contribution in [3.05, 3.63) is 12.2 Å². The molecular formula is C10H21N. The maximum absolute atomic E-state index is 5.61. The molecule has 0 heterocycles. The first kappa shape index (κ1) is 10.7. The number of hydrogen-bond donors (Lipinski definition) is 1. The van der Waals surface area contributed by atoms with Gasteiger partial charge in [0.05, 0.1) is 0 Å². The standard InChI is InChI=1S/C10H21N/c1-8(2)9(3)6-10(4,5)7-11/h8H,3,6-7,11H2,1-2,4-5H3. The van der Waals surface area contributed by atoms with E-state index in [0.717, 1.165) is 13.0 Å². The number of rotatable bonds is 4. The first-order chi connectivity index (χ1) is 4.89. The molecule has 1 nitrogen and oxygen atoms in total. The van der Waals surface area contributed by atoms with E-state index in [2.05, 4.69) is 34.3 Å². The molecule has 2 N–H and O–H groups in total. The van der Waals surface area contributed by atoms with Crippen molar-refractivity contribution in [2.75, 3.05) is 6.54 Å². The molecule has 0 amide bonds. The summed E-state index contributed by atoms with van der Waals surface area (Å²) in [7, 11) is 0. The maximum Gasteiger partial charge on any atom is -0.00228 e. The van der Waals surface area contributed by atoms with E-state index in [0.29, 0.717) is 5.92 Å². The summed E-state index contributed by atoms with van der Waals surface area (Å²) in [6, 6.07) is 0. The van der Waals surface area contributed by atoms with E-state index in [1.807, 2.05) is 0 Å². The largest absolute Gasteiger partial charge is 0.330 e. The Morgan fingerprint density at radius 1 is 1.45 bits per heavy atom. The molecule has 0 fully saturated rings. The van der Waals surface area contributed by atoms with Crippen LogP contribution in [-0.4, -0.2) is 6.54 Å². The second-order valence-electron chi connectivity index (χ2n) is 4.36. The van der Waals surface area contributed by atoms with Crippen LogP contribution in [0.4, 0.5) is 0 Å². The zero-order chi connectivity index (χ0) is 9.07. The Bertz CT molecular complexity index is 134. The molecule has 0 radical (unpaired) electrons. The van der Waals surface area contributed by atoms with Gasteiger partial charge in [0.15, 0.2) is 0 Å². The summed E-state index contributed by atoms with van der Waals surface area (Å²) in [5.74, 6) is 0.584. The van der Waals surface area contributed by atoms with Gasteiger partial charge in [-0.15, -0.1) is 0 Å². The van der Waals surface area contributed by atoms with Crippen molar-refractivity contribution in [3.8, 4) is 0 Å². The quantitative estimate of drug-likeness (QED) is 0.620. The third-order valence-electron chi connectivity index (χ3n) is 2.07. The molecule has 0 aliphatic carbocycles. The van der Waals surface area contributed by atoms with Crippen LogP contribution in [0.3, 0.4) is 0 Å². The van der Waals surface area contributed by atoms with Gasteiger partial charge in [0.2, 0.25) is 0 Å². The summed E-state index contributed by atoms with van der Waals surface area (Å²) < 4.78 is 0. The molecule has 0 atom stereocenters. The number of hydrogen-bond acceptors (Lipinski definition) is 1. The third kappa shape index (κ3) is 4.20. The van der Waals surface area contributed by atoms with Crippen LogP contribution < -0.4 is 5.73 Å². The molecule has 0 saturated carbocycles. The fourth-order valence-electron chi connectivity index (χ4n) is 0.891. The molecule has 0 aliphatic rings. The summed E-state index contributed by atoms with van der Waals surface area (Å²) in [6.45, 7) is 13.5. The highest BCUT2D eigenvalue weighted by Crippen LogP contribution is 2.26. The second-order valence-corrected chi connectivity index (χ2v) is 4.36. The van der Waals surface area contributed by atoms with Crippen molar-refractivity contribution < 1.29 is 0 Å². The van der Waals surface area contributed by atoms with E-state index >= 15 is 0 Å². The smallest absolute Gasteiger partial charge is 0.00228 e. The van der Waals surface area contributed by atoms with E-state index in [-0.39, 0.29) is 5.41 Å². The van der Waals surface area contributed by atoms with Gasteiger partial charge >= 0.3 is 0 Å². The van der Waals surface area contributed by atoms with Gasteiger partial charge < -0.3 is 5.73 Å². The highest BCUT2D eigenvalue weighted by Gasteiger charge is 2.17. The van der Waals surface area contributed by atoms with Crippen LogP contribution >= 0.6 is 0 Å². The summed E-state index contributed by atoms with van der Waals surface area (Å²) in [5, 5.41) is 0. The summed E-state index contributed by atoms with van der Waals surface area (Å²) in [5.41, 5.74) is 7.14. The van der Waals surface area contributed by atoms with E-state index in [1.54, 1.807) is 0 Å². The van der Waals surface area contributed by atoms with Gasteiger partial charge in [-0.2, -0.15) is 0 Å². The van der Waals surface area contributed by atoms with Crippen molar-refractivity contribution in [2.45, 2.75) is 34.1 Å². The molecule has 0 aliphatic heterocycles. The van der Waals surface area contributed by atoms with Gasteiger partial charge in [-0.3, -0.25) is 0 Å². The van der Waals surface area contributed by atoms with Crippen molar-refractivity contribution in [1.29, 1.82) is 0 Å². The topological polar surface area (TPSA) is 26.0 Å². The minimum absolute atomic E-state index is 0.224. The van der Waals surface area contributed by atoms with E-state index in [1.165, 1.54) is 5.57 Å². The van der Waals surface area contributed by atoms with Gasteiger partial charge in [-0.05, 0) is 24.3 Å². The first-order valence-corrected chi connectivity index (χ1v) is 4.27. The van der Waals surface area contributed by atoms with Crippen molar-refractivity contribution in [1.82, 2.24) is 0 Å². The molecule has 0 aromatic rings. The van der Waals surface area contributed by atoms with Crippen molar-refractivity contribution in [3.63, 3.8) is 0 Å². The maximum atomic E-state index is 5.61. The molecule has 0 spiro atoms. The molecule has 0 saturated heterocycles. The molecule has 0 bridgehead atoms. The van der Waals surface area contributed by atoms with Crippen molar-refractivity contribution in [2.24, 2.45) is 17.1 Å². The van der Waals surface area contributed by atoms with Gasteiger partial charge in [0, 0.05) is 0 Å². The van der Waals surface area contributed by atoms with Crippen LogP contribution in [0.5, 0.6) is 0 Å². The fraction of sp³-hybridized carbons (Fsp3) is 0.800. The Labute approximate surface area is 70.7 Å². The molecular weight excluding hydrogens is 134 g/mol. The molecule has 66 valence electrons. The minimum atomic E-state index is 0.224. The summed E-state index contributed by atoms with van der Waals surface area (Å²) >= 11 is 0. The van der Waals surface area contributed by atoms with Gasteiger partial charge in [0.25, 0.3) is 0 Å². The number of allylic oxidation sites excluding steroid dienone is 1. The summed E-state index contributed by atoms with van der Waals surface area (Å²) in [4.78, 5) is 0. The average Bonchev–Trinajstić information content (AvgIpc) is 1.87. The van der Waals surface area contributed by atoms with Crippen LogP contribution in [0.2, 0.25) is 0 Å². The Balaban J connectivity index is 3.94. The predicted octanol–water partition coefficient (Wildman–Crippen LogP) is 2.57. The normalized spacial score (nSPS) is 12.2. The van der Waals surface area contributed by atoms with Crippen LogP contribution in [0.15, 0.2) is 12.2 Å². The Kier molecular flexibility index (Phi) is 3.81. The molecule has 0 aromatic heterocycles. The third-order valence-corrected chi connectivity index (χ3v) is 2.07. The lowest BCUT2D eigenvalue weighted by atomic mass is 9.83. The van der Waals surface area contributed by atoms with Gasteiger partial charge in [-0.25, -0.2) is 0 Å². The Hall–Kier alpha value is -0.300. The Morgan fingerprint density at radius 3 is 2.18 bits per heavy atom. The SMILES string of the molecule is C=C(CC(C)(C)CN)C(C)C. The van der Waals surface area contributed by atoms with E-state index < -0.39 is 0 Å².